The van der Waals surface area contributed by atoms with Crippen molar-refractivity contribution in [3.63, 3.8) is 0 Å². The van der Waals surface area contributed by atoms with Crippen LogP contribution in [-0.2, 0) is 19.0 Å². The fourth-order valence-electron chi connectivity index (χ4n) is 2.84. The van der Waals surface area contributed by atoms with E-state index < -0.39 is 11.6 Å². The number of imidazole rings is 1. The van der Waals surface area contributed by atoms with Crippen LogP contribution in [0, 0.1) is 5.92 Å². The molecule has 26 heavy (non-hydrogen) atoms. The van der Waals surface area contributed by atoms with E-state index in [1.54, 1.807) is 0 Å². The van der Waals surface area contributed by atoms with Crippen molar-refractivity contribution in [2.75, 3.05) is 0 Å². The molecule has 1 N–H and O–H groups in total. The lowest BCUT2D eigenvalue weighted by Gasteiger charge is -2.33. The Morgan fingerprint density at radius 1 is 1.35 bits per heavy atom. The van der Waals surface area contributed by atoms with Crippen LogP contribution >= 0.6 is 24.0 Å². The Morgan fingerprint density at radius 3 is 2.50 bits per heavy atom. The molecule has 0 saturated carbocycles. The Bertz CT molecular complexity index is 751. The number of carbonyl (C=O) groups is 1. The van der Waals surface area contributed by atoms with Crippen molar-refractivity contribution in [2.45, 2.75) is 65.5 Å². The zero-order valence-electron chi connectivity index (χ0n) is 16.1. The van der Waals surface area contributed by atoms with E-state index in [-0.39, 0.29) is 12.4 Å². The van der Waals surface area contributed by atoms with Gasteiger partial charge in [-0.1, -0.05) is 19.9 Å². The lowest BCUT2D eigenvalue weighted by Crippen LogP contribution is -2.44. The highest BCUT2D eigenvalue weighted by Crippen LogP contribution is 2.23. The van der Waals surface area contributed by atoms with E-state index in [1.807, 2.05) is 39.0 Å². The van der Waals surface area contributed by atoms with Crippen LogP contribution in [0.15, 0.2) is 18.2 Å². The molecule has 1 aromatic carbocycles. The van der Waals surface area contributed by atoms with E-state index in [0.717, 1.165) is 35.4 Å². The first-order valence-corrected chi connectivity index (χ1v) is 9.21. The predicted molar refractivity (Wildman–Crippen MR) is 109 cm³/mol. The maximum atomic E-state index is 11.6. The van der Waals surface area contributed by atoms with Crippen molar-refractivity contribution in [3.8, 4) is 0 Å². The van der Waals surface area contributed by atoms with Gasteiger partial charge in [0.15, 0.2) is 0 Å². The molecule has 5 nitrogen and oxygen atoms in total. The molecule has 0 bridgehead atoms. The van der Waals surface area contributed by atoms with Gasteiger partial charge in [0.2, 0.25) is 0 Å². The number of aryl methyl sites for hydroxylation is 1. The molecule has 0 saturated heterocycles. The summed E-state index contributed by atoms with van der Waals surface area (Å²) in [5.41, 5.74) is 2.40. The molecule has 146 valence electrons. The Kier molecular flexibility index (Phi) is 7.78. The number of alkyl halides is 1. The normalized spacial score (nSPS) is 11.7. The number of nitrogens with zero attached hydrogens (tertiary/aromatic N) is 3. The second-order valence-electron chi connectivity index (χ2n) is 7.86. The van der Waals surface area contributed by atoms with E-state index in [4.69, 9.17) is 11.6 Å². The number of aromatic nitrogens is 2. The largest absolute Gasteiger partial charge is 0.465 e. The highest BCUT2D eigenvalue weighted by atomic mass is 35.5. The number of amides is 1. The number of hydrogen-bond donors (Lipinski definition) is 1. The molecule has 2 rings (SSSR count). The van der Waals surface area contributed by atoms with Gasteiger partial charge >= 0.3 is 6.09 Å². The van der Waals surface area contributed by atoms with Gasteiger partial charge in [-0.05, 0) is 50.8 Å². The summed E-state index contributed by atoms with van der Waals surface area (Å²) in [5, 5.41) is 9.48. The number of fused-ring (bicyclic) bond motifs is 1. The molecule has 0 spiro atoms. The SMILES string of the molecule is CC(C)CCn1c(CCl)nc2cc(CN(C(=O)O)C(C)(C)C)ccc21.Cl. The molecule has 2 aromatic rings. The van der Waals surface area contributed by atoms with E-state index in [1.165, 1.54) is 4.90 Å². The number of hydrogen-bond acceptors (Lipinski definition) is 2. The third-order valence-electron chi connectivity index (χ3n) is 4.32. The summed E-state index contributed by atoms with van der Waals surface area (Å²) < 4.78 is 2.17. The molecule has 1 aromatic heterocycles. The minimum absolute atomic E-state index is 0. The molecule has 0 radical (unpaired) electrons. The van der Waals surface area contributed by atoms with Crippen LogP contribution in [-0.4, -0.2) is 31.2 Å². The molecular weight excluding hydrogens is 373 g/mol. The summed E-state index contributed by atoms with van der Waals surface area (Å²) in [6, 6.07) is 5.98. The van der Waals surface area contributed by atoms with Crippen LogP contribution in [0.1, 0.15) is 52.4 Å². The Morgan fingerprint density at radius 2 is 2.00 bits per heavy atom. The first-order chi connectivity index (χ1) is 11.6. The number of rotatable bonds is 6. The molecule has 1 heterocycles. The van der Waals surface area contributed by atoms with Crippen molar-refractivity contribution in [3.05, 3.63) is 29.6 Å². The quantitative estimate of drug-likeness (QED) is 0.647. The van der Waals surface area contributed by atoms with E-state index in [2.05, 4.69) is 23.4 Å². The number of benzene rings is 1. The van der Waals surface area contributed by atoms with Crippen LogP contribution < -0.4 is 0 Å². The standard InChI is InChI=1S/C19H28ClN3O2.ClH/c1-13(2)8-9-22-16-7-6-14(10-15(16)21-17(22)11-20)12-23(18(24)25)19(3,4)5;/h6-7,10,13H,8-9,11-12H2,1-5H3,(H,24,25);1H. The second-order valence-corrected chi connectivity index (χ2v) is 8.13. The average Bonchev–Trinajstić information content (AvgIpc) is 2.86. The minimum atomic E-state index is -0.920. The van der Waals surface area contributed by atoms with Gasteiger partial charge in [0.1, 0.15) is 5.82 Å². The average molecular weight is 402 g/mol. The summed E-state index contributed by atoms with van der Waals surface area (Å²) in [4.78, 5) is 17.6. The molecule has 0 aliphatic carbocycles. The highest BCUT2D eigenvalue weighted by molar-refractivity contribution is 6.16. The van der Waals surface area contributed by atoms with Crippen LogP contribution in [0.4, 0.5) is 4.79 Å². The van der Waals surface area contributed by atoms with Crippen molar-refractivity contribution in [1.82, 2.24) is 14.5 Å². The molecule has 0 aliphatic heterocycles. The summed E-state index contributed by atoms with van der Waals surface area (Å²) in [7, 11) is 0. The van der Waals surface area contributed by atoms with Gasteiger partial charge in [0.25, 0.3) is 0 Å². The lowest BCUT2D eigenvalue weighted by molar-refractivity contribution is 0.0956. The first kappa shape index (κ1) is 22.6. The van der Waals surface area contributed by atoms with E-state index >= 15 is 0 Å². The van der Waals surface area contributed by atoms with Crippen LogP contribution in [0.5, 0.6) is 0 Å². The molecule has 7 heteroatoms. The maximum Gasteiger partial charge on any atom is 0.408 e. The van der Waals surface area contributed by atoms with Crippen molar-refractivity contribution >= 4 is 41.1 Å². The van der Waals surface area contributed by atoms with Gasteiger partial charge in [-0.2, -0.15) is 0 Å². The number of carboxylic acid groups (broad SMARTS) is 1. The summed E-state index contributed by atoms with van der Waals surface area (Å²) >= 11 is 6.08. The first-order valence-electron chi connectivity index (χ1n) is 8.68. The zero-order valence-corrected chi connectivity index (χ0v) is 17.7. The highest BCUT2D eigenvalue weighted by Gasteiger charge is 2.26. The summed E-state index contributed by atoms with van der Waals surface area (Å²) in [6.07, 6.45) is 0.144. The Balaban J connectivity index is 0.00000338. The monoisotopic (exact) mass is 401 g/mol. The smallest absolute Gasteiger partial charge is 0.408 e. The van der Waals surface area contributed by atoms with Crippen molar-refractivity contribution < 1.29 is 9.90 Å². The van der Waals surface area contributed by atoms with Crippen molar-refractivity contribution in [2.24, 2.45) is 5.92 Å². The third kappa shape index (κ3) is 5.27. The summed E-state index contributed by atoms with van der Waals surface area (Å²) in [5.74, 6) is 1.84. The maximum absolute atomic E-state index is 11.6. The molecule has 1 amide bonds. The van der Waals surface area contributed by atoms with Crippen LogP contribution in [0.25, 0.3) is 11.0 Å². The van der Waals surface area contributed by atoms with Gasteiger partial charge in [0.05, 0.1) is 16.9 Å². The number of halogens is 2. The predicted octanol–water partition coefficient (Wildman–Crippen LogP) is 5.52. The van der Waals surface area contributed by atoms with Crippen LogP contribution in [0.2, 0.25) is 0 Å². The molecule has 0 unspecified atom stereocenters. The topological polar surface area (TPSA) is 58.4 Å². The molecular formula is C19H29Cl2N3O2. The van der Waals surface area contributed by atoms with Gasteiger partial charge in [0, 0.05) is 18.6 Å². The van der Waals surface area contributed by atoms with Gasteiger partial charge in [-0.25, -0.2) is 9.78 Å². The van der Waals surface area contributed by atoms with Crippen molar-refractivity contribution in [1.29, 1.82) is 0 Å². The third-order valence-corrected chi connectivity index (χ3v) is 4.56. The van der Waals surface area contributed by atoms with E-state index in [0.29, 0.717) is 18.3 Å². The minimum Gasteiger partial charge on any atom is -0.465 e. The van der Waals surface area contributed by atoms with Gasteiger partial charge in [-0.15, -0.1) is 24.0 Å². The fraction of sp³-hybridized carbons (Fsp3) is 0.579. The Labute approximate surface area is 166 Å². The molecule has 0 fully saturated rings. The van der Waals surface area contributed by atoms with E-state index in [9.17, 15) is 9.90 Å². The second kappa shape index (κ2) is 8.96. The van der Waals surface area contributed by atoms with Gasteiger partial charge < -0.3 is 9.67 Å². The lowest BCUT2D eigenvalue weighted by atomic mass is 10.1. The molecule has 0 atom stereocenters. The Hall–Kier alpha value is -1.46. The van der Waals surface area contributed by atoms with Gasteiger partial charge in [-0.3, -0.25) is 4.90 Å². The molecule has 0 aliphatic rings. The zero-order chi connectivity index (χ0) is 18.8. The van der Waals surface area contributed by atoms with Crippen LogP contribution in [0.3, 0.4) is 0 Å². The fourth-order valence-corrected chi connectivity index (χ4v) is 3.04. The summed E-state index contributed by atoms with van der Waals surface area (Å²) in [6.45, 7) is 11.3.